The van der Waals surface area contributed by atoms with Crippen LogP contribution in [0.3, 0.4) is 0 Å². The van der Waals surface area contributed by atoms with Gasteiger partial charge in [-0.2, -0.15) is 0 Å². The van der Waals surface area contributed by atoms with Crippen LogP contribution >= 0.6 is 0 Å². The number of rotatable bonds is 28. The summed E-state index contributed by atoms with van der Waals surface area (Å²) < 4.78 is 7.53. The molecule has 294 valence electrons. The van der Waals surface area contributed by atoms with Crippen molar-refractivity contribution in [2.75, 3.05) is 0 Å². The van der Waals surface area contributed by atoms with Crippen LogP contribution in [0.4, 0.5) is 0 Å². The first-order chi connectivity index (χ1) is 25.8. The van der Waals surface area contributed by atoms with Gasteiger partial charge in [-0.3, -0.25) is 0 Å². The first-order valence-electron chi connectivity index (χ1n) is 22.2. The van der Waals surface area contributed by atoms with Crippen LogP contribution < -0.4 is 25.8 Å². The minimum absolute atomic E-state index is 0.223. The van der Waals surface area contributed by atoms with Crippen LogP contribution in [-0.2, 0) is 13.1 Å². The molecule has 6 rings (SSSR count). The van der Waals surface area contributed by atoms with E-state index in [1.165, 1.54) is 73.3 Å². The van der Waals surface area contributed by atoms with Crippen molar-refractivity contribution in [3.8, 4) is 0 Å². The number of unbranched alkanes of at least 4 members (excludes halogenated alkanes) is 17. The molecule has 53 heavy (non-hydrogen) atoms. The van der Waals surface area contributed by atoms with Gasteiger partial charge in [-0.1, -0.05) is 39.5 Å². The summed E-state index contributed by atoms with van der Waals surface area (Å²) in [5.74, 6) is 0. The van der Waals surface area contributed by atoms with Crippen molar-refractivity contribution in [2.24, 2.45) is 0 Å². The van der Waals surface area contributed by atoms with Gasteiger partial charge in [0.1, 0.15) is 0 Å². The van der Waals surface area contributed by atoms with Crippen LogP contribution in [0, 0.1) is 0 Å². The molecule has 4 aromatic heterocycles. The van der Waals surface area contributed by atoms with Crippen molar-refractivity contribution >= 4 is 54.3 Å². The summed E-state index contributed by atoms with van der Waals surface area (Å²) in [5, 5.41) is 3.10. The third-order valence-electron chi connectivity index (χ3n) is 12.2. The topological polar surface area (TPSA) is 78.1 Å². The molecule has 2 aromatic carbocycles. The molecule has 0 fully saturated rings. The van der Waals surface area contributed by atoms with Gasteiger partial charge in [0, 0.05) is 0 Å². The molecule has 0 saturated carbocycles. The Morgan fingerprint density at radius 1 is 0.396 bits per heavy atom. The summed E-state index contributed by atoms with van der Waals surface area (Å²) in [5.41, 5.74) is -1.13. The van der Waals surface area contributed by atoms with E-state index in [1.807, 2.05) is 0 Å². The molecule has 0 aliphatic heterocycles. The Morgan fingerprint density at radius 2 is 0.755 bits per heavy atom. The second-order valence-corrected chi connectivity index (χ2v) is 29.4. The number of benzene rings is 2. The van der Waals surface area contributed by atoms with Crippen LogP contribution in [0.15, 0.2) is 37.4 Å². The van der Waals surface area contributed by atoms with E-state index in [1.54, 1.807) is 12.1 Å². The average molecular weight is 836 g/mol. The van der Waals surface area contributed by atoms with Gasteiger partial charge in [-0.05, 0) is 0 Å². The van der Waals surface area contributed by atoms with E-state index in [0.29, 0.717) is 45.4 Å². The van der Waals surface area contributed by atoms with Crippen LogP contribution in [0.5, 0.6) is 0 Å². The Hall–Kier alpha value is -2.22. The zero-order chi connectivity index (χ0) is 38.2. The maximum atomic E-state index is 15.1. The van der Waals surface area contributed by atoms with Crippen molar-refractivity contribution in [3.63, 3.8) is 0 Å². The van der Waals surface area contributed by atoms with E-state index in [2.05, 4.69) is 40.7 Å². The van der Waals surface area contributed by atoms with Crippen LogP contribution in [-0.4, -0.2) is 27.5 Å². The van der Waals surface area contributed by atoms with Crippen LogP contribution in [0.2, 0.25) is 13.3 Å². The molecule has 6 aromatic rings. The summed E-state index contributed by atoms with van der Waals surface area (Å²) in [7, 11) is 0. The van der Waals surface area contributed by atoms with E-state index in [0.717, 1.165) is 93.9 Å². The van der Waals surface area contributed by atoms with E-state index >= 15 is 4.79 Å². The summed E-state index contributed by atoms with van der Waals surface area (Å²) in [6.07, 6.45) is 24.7. The van der Waals surface area contributed by atoms with E-state index in [9.17, 15) is 14.4 Å². The molecule has 0 aliphatic rings. The first-order valence-corrected chi connectivity index (χ1v) is 29.7. The number of nitrogens with zero attached hydrogens (tertiary/aromatic N) is 2. The molecule has 6 nitrogen and oxygen atoms in total. The fourth-order valence-corrected chi connectivity index (χ4v) is 25.8. The maximum absolute atomic E-state index is 15.1. The van der Waals surface area contributed by atoms with Crippen molar-refractivity contribution in [2.45, 2.75) is 202 Å². The SMILES string of the molecule is CCCCCCCCCCn1c(=O)c2ccc(c1=O)c1c3[c]([Sn]([CH2]CCC)([CH2]CCC)[CH2]CCC)cc(c(=O)n(CCCCCCCCCC)c3=O)c21. The molecule has 4 heterocycles. The van der Waals surface area contributed by atoms with Gasteiger partial charge in [0.05, 0.1) is 0 Å². The molecule has 0 atom stereocenters. The molecule has 0 aliphatic carbocycles. The number of aromatic nitrogens is 2. The molecule has 7 heteroatoms. The van der Waals surface area contributed by atoms with Crippen LogP contribution in [0.1, 0.15) is 176 Å². The summed E-state index contributed by atoms with van der Waals surface area (Å²) >= 11 is -3.35. The van der Waals surface area contributed by atoms with Crippen LogP contribution in [0.25, 0.3) is 32.3 Å². The van der Waals surface area contributed by atoms with Crippen molar-refractivity contribution in [1.29, 1.82) is 0 Å². The van der Waals surface area contributed by atoms with Crippen molar-refractivity contribution < 1.29 is 0 Å². The molecule has 0 amide bonds. The van der Waals surface area contributed by atoms with Gasteiger partial charge in [-0.25, -0.2) is 0 Å². The fraction of sp³-hybridized carbons (Fsp3) is 0.696. The standard InChI is InChI=1S/C34H45N2O4.3C4H9.Sn/c1-3-5-7-9-11-13-15-17-23-35-31(37)25-19-20-26(32(35)38)30-28-22-21-27(29(25)30)33(39)36(34(28)40)24-18-16-14-12-10-8-6-4-2;3*1-3-4-2;/h19-21H,3-18,23-24H2,1-2H3;3*1,3-4H2,2H3;. The summed E-state index contributed by atoms with van der Waals surface area (Å²) in [6.45, 7) is 12.0. The fourth-order valence-electron chi connectivity index (χ4n) is 9.02. The van der Waals surface area contributed by atoms with Crippen molar-refractivity contribution in [3.05, 3.63) is 59.6 Å². The minimum atomic E-state index is -3.35. The summed E-state index contributed by atoms with van der Waals surface area (Å²) in [4.78, 5) is 58.7. The Morgan fingerprint density at radius 3 is 1.19 bits per heavy atom. The normalized spacial score (nSPS) is 12.3. The third kappa shape index (κ3) is 10.6. The zero-order valence-electron chi connectivity index (χ0n) is 34.4. The number of fused-ring (bicyclic) bond motifs is 6. The van der Waals surface area contributed by atoms with Gasteiger partial charge in [0.25, 0.3) is 0 Å². The van der Waals surface area contributed by atoms with E-state index in [4.69, 9.17) is 0 Å². The number of hydrogen-bond acceptors (Lipinski definition) is 4. The van der Waals surface area contributed by atoms with E-state index < -0.39 is 18.4 Å². The number of hydrogen-bond donors (Lipinski definition) is 0. The second-order valence-electron chi connectivity index (χ2n) is 16.3. The molecule has 0 N–H and O–H groups in total. The predicted molar refractivity (Wildman–Crippen MR) is 232 cm³/mol. The average Bonchev–Trinajstić information content (AvgIpc) is 3.44. The quantitative estimate of drug-likeness (QED) is 0.0422. The third-order valence-corrected chi connectivity index (χ3v) is 27.8. The van der Waals surface area contributed by atoms with Gasteiger partial charge < -0.3 is 0 Å². The molecule has 0 saturated heterocycles. The molecular formula is C46H72N2O4Sn. The molecule has 0 spiro atoms. The second kappa shape index (κ2) is 22.4. The Balaban J connectivity index is 1.92. The first kappa shape index (κ1) is 43.5. The van der Waals surface area contributed by atoms with Gasteiger partial charge in [-0.15, -0.1) is 0 Å². The zero-order valence-corrected chi connectivity index (χ0v) is 37.2. The van der Waals surface area contributed by atoms with Gasteiger partial charge >= 0.3 is 286 Å². The molecule has 0 unspecified atom stereocenters. The molecule has 0 radical (unpaired) electrons. The van der Waals surface area contributed by atoms with Gasteiger partial charge in [0.15, 0.2) is 0 Å². The molecular weight excluding hydrogens is 763 g/mol. The monoisotopic (exact) mass is 836 g/mol. The van der Waals surface area contributed by atoms with Crippen molar-refractivity contribution in [1.82, 2.24) is 9.13 Å². The van der Waals surface area contributed by atoms with Gasteiger partial charge in [0.2, 0.25) is 0 Å². The predicted octanol–water partition coefficient (Wildman–Crippen LogP) is 11.4. The molecule has 4 bridgehead atoms. The van der Waals surface area contributed by atoms with E-state index in [-0.39, 0.29) is 22.2 Å². The Bertz CT molecular complexity index is 1910. The summed E-state index contributed by atoms with van der Waals surface area (Å²) in [6, 6.07) is 5.66. The Kier molecular flexibility index (Phi) is 18.4. The Labute approximate surface area is 323 Å².